The third-order valence-electron chi connectivity index (χ3n) is 13.2. The highest BCUT2D eigenvalue weighted by Gasteiger charge is 2.45. The first-order chi connectivity index (χ1) is 28.8. The van der Waals surface area contributed by atoms with Gasteiger partial charge in [-0.3, -0.25) is 29.3 Å². The minimum Gasteiger partial charge on any atom is -0.464 e. The lowest BCUT2D eigenvalue weighted by Crippen LogP contribution is -2.62. The second kappa shape index (κ2) is 17.3. The molecule has 1 spiro atoms. The number of fused-ring (bicyclic) bond motifs is 6. The van der Waals surface area contributed by atoms with Crippen LogP contribution in [0.1, 0.15) is 89.6 Å². The molecule has 5 atom stereocenters. The van der Waals surface area contributed by atoms with Crippen molar-refractivity contribution in [1.82, 2.24) is 40.5 Å². The number of aryl methyl sites for hydroxylation is 1. The van der Waals surface area contributed by atoms with E-state index in [1.54, 1.807) is 7.11 Å². The van der Waals surface area contributed by atoms with Gasteiger partial charge in [-0.05, 0) is 100 Å². The molecule has 3 fully saturated rings. The number of nitrogens with one attached hydrogen (secondary N) is 3. The topological polar surface area (TPSA) is 143 Å². The Morgan fingerprint density at radius 2 is 1.98 bits per heavy atom. The van der Waals surface area contributed by atoms with Crippen molar-refractivity contribution in [2.24, 2.45) is 16.7 Å². The first kappa shape index (κ1) is 42.5. The van der Waals surface area contributed by atoms with Crippen LogP contribution in [0.5, 0.6) is 0 Å². The summed E-state index contributed by atoms with van der Waals surface area (Å²) in [4.78, 5) is 55.1. The minimum atomic E-state index is -0.888. The number of thiazole rings is 1. The van der Waals surface area contributed by atoms with Crippen molar-refractivity contribution in [3.05, 3.63) is 58.2 Å². The van der Waals surface area contributed by atoms with Crippen LogP contribution in [0.25, 0.3) is 33.4 Å². The summed E-state index contributed by atoms with van der Waals surface area (Å²) in [5, 5.41) is 12.2. The molecule has 0 aliphatic carbocycles. The van der Waals surface area contributed by atoms with Crippen molar-refractivity contribution < 1.29 is 23.9 Å². The molecule has 0 saturated carbocycles. The number of ether oxygens (including phenoxy) is 2. The van der Waals surface area contributed by atoms with E-state index in [2.05, 4.69) is 84.4 Å². The monoisotopic (exact) mass is 838 g/mol. The fraction of sp³-hybridized carbons (Fsp3) is 0.587. The van der Waals surface area contributed by atoms with E-state index >= 15 is 0 Å². The number of amides is 2. The van der Waals surface area contributed by atoms with Gasteiger partial charge in [0.05, 0.1) is 40.8 Å². The number of hydrazine groups is 1. The van der Waals surface area contributed by atoms with Gasteiger partial charge in [0.2, 0.25) is 5.91 Å². The molecule has 4 aliphatic heterocycles. The standard InChI is InChI=1S/C46H62N8O5S/c1-8-53-37-14-13-30-21-32(37)33(41(53)31-11-9-17-48-39(31)29(4)58-7)23-45(5,6)27-59-44(57)34-12-10-19-54(51-34)43(56)35(22-38-49-36(30)24-60-38)50-42(55)40(28(2)3)52-20-16-46(26-52)15-18-47-25-46/h9,11,13-14,17,21,24,28-29,34-35,40,47,51H,8,10,12,15-16,18-20,22-23,25-27H2,1-7H3,(H,50,55)/t29-,34-,35-,40-,46-/m0/s1. The van der Waals surface area contributed by atoms with Crippen LogP contribution >= 0.6 is 11.3 Å². The van der Waals surface area contributed by atoms with E-state index in [1.165, 1.54) is 16.3 Å². The van der Waals surface area contributed by atoms with Crippen LogP contribution < -0.4 is 16.1 Å². The quantitative estimate of drug-likeness (QED) is 0.183. The summed E-state index contributed by atoms with van der Waals surface area (Å²) in [6.45, 7) is 17.6. The number of hydrogen-bond donors (Lipinski definition) is 3. The van der Waals surface area contributed by atoms with Crippen molar-refractivity contribution in [3.8, 4) is 22.5 Å². The molecule has 13 nitrogen and oxygen atoms in total. The van der Waals surface area contributed by atoms with Gasteiger partial charge in [0, 0.05) is 78.7 Å². The Labute approximate surface area is 358 Å². The molecule has 2 amide bonds. The fourth-order valence-corrected chi connectivity index (χ4v) is 10.9. The lowest BCUT2D eigenvalue weighted by atomic mass is 9.84. The molecule has 0 unspecified atom stereocenters. The molecule has 8 rings (SSSR count). The number of cyclic esters (lactones) is 1. The fourth-order valence-electron chi connectivity index (χ4n) is 10.1. The van der Waals surface area contributed by atoms with Gasteiger partial charge in [0.25, 0.3) is 5.91 Å². The van der Waals surface area contributed by atoms with Crippen LogP contribution in [0.4, 0.5) is 0 Å². The number of rotatable bonds is 8. The molecule has 1 aromatic carbocycles. The number of methoxy groups -OCH3 is 1. The normalized spacial score (nSPS) is 24.8. The molecular weight excluding hydrogens is 777 g/mol. The van der Waals surface area contributed by atoms with Gasteiger partial charge >= 0.3 is 5.97 Å². The number of likely N-dealkylation sites (tertiary alicyclic amines) is 1. The van der Waals surface area contributed by atoms with Crippen molar-refractivity contribution >= 4 is 40.0 Å². The Kier molecular flexibility index (Phi) is 12.2. The highest BCUT2D eigenvalue weighted by molar-refractivity contribution is 7.10. The number of nitrogens with zero attached hydrogens (tertiary/aromatic N) is 5. The molecule has 4 aliphatic rings. The number of carbonyl (C=O) groups is 3. The zero-order chi connectivity index (χ0) is 42.3. The summed E-state index contributed by atoms with van der Waals surface area (Å²) in [5.41, 5.74) is 9.93. The number of aromatic nitrogens is 3. The first-order valence-corrected chi connectivity index (χ1v) is 22.8. The lowest BCUT2D eigenvalue weighted by Gasteiger charge is -2.36. The summed E-state index contributed by atoms with van der Waals surface area (Å²) in [6, 6.07) is 8.65. The maximum Gasteiger partial charge on any atom is 0.324 e. The Bertz CT molecular complexity index is 2230. The van der Waals surface area contributed by atoms with Crippen molar-refractivity contribution in [3.63, 3.8) is 0 Å². The number of pyridine rings is 1. The average molecular weight is 839 g/mol. The van der Waals surface area contributed by atoms with Gasteiger partial charge in [-0.15, -0.1) is 11.3 Å². The van der Waals surface area contributed by atoms with E-state index in [-0.39, 0.29) is 48.3 Å². The van der Waals surface area contributed by atoms with Crippen LogP contribution in [0, 0.1) is 16.7 Å². The Morgan fingerprint density at radius 1 is 1.15 bits per heavy atom. The number of esters is 1. The summed E-state index contributed by atoms with van der Waals surface area (Å²) in [6.07, 6.45) is 5.76. The molecule has 4 aromatic rings. The van der Waals surface area contributed by atoms with Crippen LogP contribution in [0.2, 0.25) is 0 Å². The van der Waals surface area contributed by atoms with E-state index in [0.717, 1.165) is 95.2 Å². The summed E-state index contributed by atoms with van der Waals surface area (Å²) >= 11 is 1.50. The van der Waals surface area contributed by atoms with E-state index in [1.807, 2.05) is 24.6 Å². The second-order valence-corrected chi connectivity index (χ2v) is 19.6. The predicted octanol–water partition coefficient (Wildman–Crippen LogP) is 5.91. The van der Waals surface area contributed by atoms with Crippen molar-refractivity contribution in [2.75, 3.05) is 46.4 Å². The lowest BCUT2D eigenvalue weighted by molar-refractivity contribution is -0.155. The largest absolute Gasteiger partial charge is 0.464 e. The number of hydrogen-bond acceptors (Lipinski definition) is 11. The summed E-state index contributed by atoms with van der Waals surface area (Å²) < 4.78 is 14.3. The van der Waals surface area contributed by atoms with Gasteiger partial charge in [-0.2, -0.15) is 0 Å². The van der Waals surface area contributed by atoms with Crippen LogP contribution in [0.3, 0.4) is 0 Å². The van der Waals surface area contributed by atoms with Gasteiger partial charge < -0.3 is 24.7 Å². The average Bonchev–Trinajstić information content (AvgIpc) is 4.06. The van der Waals surface area contributed by atoms with E-state index in [4.69, 9.17) is 19.4 Å². The van der Waals surface area contributed by atoms with Crippen molar-refractivity contribution in [2.45, 2.75) is 111 Å². The zero-order valence-electron chi connectivity index (χ0n) is 36.3. The highest BCUT2D eigenvalue weighted by atomic mass is 32.1. The van der Waals surface area contributed by atoms with E-state index < -0.39 is 23.5 Å². The number of benzene rings is 1. The summed E-state index contributed by atoms with van der Waals surface area (Å²) in [5.74, 6) is -0.774. The predicted molar refractivity (Wildman–Crippen MR) is 234 cm³/mol. The van der Waals surface area contributed by atoms with Gasteiger partial charge in [0.15, 0.2) is 0 Å². The molecule has 3 saturated heterocycles. The van der Waals surface area contributed by atoms with Crippen LogP contribution in [-0.2, 0) is 43.2 Å². The third-order valence-corrected chi connectivity index (χ3v) is 14.1. The molecule has 0 radical (unpaired) electrons. The molecule has 14 heteroatoms. The van der Waals surface area contributed by atoms with Gasteiger partial charge in [-0.25, -0.2) is 10.4 Å². The van der Waals surface area contributed by atoms with Gasteiger partial charge in [0.1, 0.15) is 12.1 Å². The first-order valence-electron chi connectivity index (χ1n) is 21.9. The molecule has 6 bridgehead atoms. The molecule has 322 valence electrons. The van der Waals surface area contributed by atoms with Crippen LogP contribution in [0.15, 0.2) is 41.9 Å². The molecule has 3 aromatic heterocycles. The Hall–Kier alpha value is -4.21. The smallest absolute Gasteiger partial charge is 0.324 e. The van der Waals surface area contributed by atoms with E-state index in [9.17, 15) is 14.4 Å². The van der Waals surface area contributed by atoms with Crippen molar-refractivity contribution in [1.29, 1.82) is 0 Å². The number of carbonyl (C=O) groups excluding carboxylic acids is 3. The Balaban J connectivity index is 1.19. The third kappa shape index (κ3) is 8.37. The molecule has 3 N–H and O–H groups in total. The summed E-state index contributed by atoms with van der Waals surface area (Å²) in [7, 11) is 1.70. The molecular formula is C46H62N8O5S. The zero-order valence-corrected chi connectivity index (χ0v) is 37.1. The SMILES string of the molecule is CCn1c(-c2cccnc2[C@H](C)OC)c2c3cc(ccc31)-c1csc(n1)C[C@H](NC(=O)[C@H](C(C)C)N1CC[C@]3(CCNC3)C1)C(=O)N1CCC[C@H](N1)C(=O)OCC(C)(C)C2. The Morgan fingerprint density at radius 3 is 2.73 bits per heavy atom. The highest BCUT2D eigenvalue weighted by Crippen LogP contribution is 2.42. The van der Waals surface area contributed by atoms with Crippen LogP contribution in [-0.4, -0.2) is 107 Å². The minimum absolute atomic E-state index is 0.0443. The molecule has 60 heavy (non-hydrogen) atoms. The maximum atomic E-state index is 14.6. The molecule has 7 heterocycles. The second-order valence-electron chi connectivity index (χ2n) is 18.6. The van der Waals surface area contributed by atoms with Gasteiger partial charge in [-0.1, -0.05) is 33.8 Å². The van der Waals surface area contributed by atoms with E-state index in [0.29, 0.717) is 25.8 Å². The maximum absolute atomic E-state index is 14.6.